The molecule has 0 bridgehead atoms. The Hall–Kier alpha value is -2.37. The van der Waals surface area contributed by atoms with E-state index in [-0.39, 0.29) is 30.7 Å². The van der Waals surface area contributed by atoms with Gasteiger partial charge in [-0.2, -0.15) is 0 Å². The van der Waals surface area contributed by atoms with Crippen molar-refractivity contribution in [3.05, 3.63) is 35.9 Å². The quantitative estimate of drug-likeness (QED) is 0.728. The van der Waals surface area contributed by atoms with Crippen LogP contribution in [-0.2, 0) is 14.4 Å². The molecule has 6 nitrogen and oxygen atoms in total. The van der Waals surface area contributed by atoms with Gasteiger partial charge in [-0.3, -0.25) is 14.4 Å². The second-order valence-corrected chi connectivity index (χ2v) is 5.60. The highest BCUT2D eigenvalue weighted by atomic mass is 16.4. The lowest BCUT2D eigenvalue weighted by atomic mass is 10.0. The molecule has 0 heterocycles. The summed E-state index contributed by atoms with van der Waals surface area (Å²) in [5.41, 5.74) is 0.881. The van der Waals surface area contributed by atoms with Gasteiger partial charge in [0.15, 0.2) is 0 Å². The molecule has 0 saturated heterocycles. The Labute approximate surface area is 136 Å². The molecule has 0 aromatic heterocycles. The zero-order valence-corrected chi connectivity index (χ0v) is 13.6. The third kappa shape index (κ3) is 7.44. The summed E-state index contributed by atoms with van der Waals surface area (Å²) in [7, 11) is 3.36. The lowest BCUT2D eigenvalue weighted by molar-refractivity contribution is -0.137. The van der Waals surface area contributed by atoms with Crippen LogP contribution in [-0.4, -0.2) is 41.9 Å². The Bertz CT molecular complexity index is 529. The third-order valence-corrected chi connectivity index (χ3v) is 3.48. The van der Waals surface area contributed by atoms with Crippen LogP contribution in [0.5, 0.6) is 0 Å². The van der Waals surface area contributed by atoms with Crippen LogP contribution in [0.3, 0.4) is 0 Å². The van der Waals surface area contributed by atoms with Crippen LogP contribution in [0.1, 0.15) is 43.7 Å². The molecule has 0 aliphatic carbocycles. The number of nitrogens with zero attached hydrogens (tertiary/aromatic N) is 1. The zero-order valence-electron chi connectivity index (χ0n) is 13.6. The van der Waals surface area contributed by atoms with Gasteiger partial charge in [0.1, 0.15) is 0 Å². The van der Waals surface area contributed by atoms with Crippen molar-refractivity contribution in [2.45, 2.75) is 38.1 Å². The van der Waals surface area contributed by atoms with Crippen molar-refractivity contribution in [2.24, 2.45) is 0 Å². The number of hydrogen-bond acceptors (Lipinski definition) is 3. The van der Waals surface area contributed by atoms with E-state index in [9.17, 15) is 14.4 Å². The van der Waals surface area contributed by atoms with Crippen LogP contribution >= 0.6 is 0 Å². The van der Waals surface area contributed by atoms with Gasteiger partial charge in [-0.1, -0.05) is 30.3 Å². The molecule has 2 N–H and O–H groups in total. The molecule has 2 amide bonds. The standard InChI is InChI=1S/C17H24N2O4/c1-19(2)16(21)10-6-9-15(20)18-14(11-12-17(22)23)13-7-4-3-5-8-13/h3-5,7-8,14H,6,9-12H2,1-2H3,(H,18,20)(H,22,23). The number of hydrogen-bond donors (Lipinski definition) is 2. The fourth-order valence-corrected chi connectivity index (χ4v) is 2.17. The summed E-state index contributed by atoms with van der Waals surface area (Å²) in [5.74, 6) is -1.07. The number of nitrogens with one attached hydrogen (secondary N) is 1. The molecular weight excluding hydrogens is 296 g/mol. The van der Waals surface area contributed by atoms with E-state index in [2.05, 4.69) is 5.32 Å². The summed E-state index contributed by atoms with van der Waals surface area (Å²) in [5, 5.41) is 11.7. The van der Waals surface area contributed by atoms with Gasteiger partial charge in [-0.15, -0.1) is 0 Å². The second-order valence-electron chi connectivity index (χ2n) is 5.60. The lowest BCUT2D eigenvalue weighted by Crippen LogP contribution is -2.29. The maximum atomic E-state index is 12.0. The maximum absolute atomic E-state index is 12.0. The van der Waals surface area contributed by atoms with Crippen LogP contribution in [0.15, 0.2) is 30.3 Å². The fraction of sp³-hybridized carbons (Fsp3) is 0.471. The molecule has 23 heavy (non-hydrogen) atoms. The minimum atomic E-state index is -0.892. The second kappa shape index (κ2) is 9.61. The van der Waals surface area contributed by atoms with E-state index in [1.807, 2.05) is 30.3 Å². The highest BCUT2D eigenvalue weighted by Crippen LogP contribution is 2.18. The highest BCUT2D eigenvalue weighted by Gasteiger charge is 2.16. The van der Waals surface area contributed by atoms with E-state index in [1.165, 1.54) is 4.90 Å². The molecule has 126 valence electrons. The Kier molecular flexibility index (Phi) is 7.80. The number of carboxylic acids is 1. The van der Waals surface area contributed by atoms with Crippen molar-refractivity contribution in [3.8, 4) is 0 Å². The number of amides is 2. The summed E-state index contributed by atoms with van der Waals surface area (Å²) in [6.07, 6.45) is 1.37. The Balaban J connectivity index is 2.54. The average Bonchev–Trinajstić information content (AvgIpc) is 2.51. The molecule has 0 spiro atoms. The van der Waals surface area contributed by atoms with E-state index < -0.39 is 5.97 Å². The number of carboxylic acid groups (broad SMARTS) is 1. The molecule has 0 radical (unpaired) electrons. The molecule has 6 heteroatoms. The predicted octanol–water partition coefficient (Wildman–Crippen LogP) is 1.97. The van der Waals surface area contributed by atoms with Crippen molar-refractivity contribution in [3.63, 3.8) is 0 Å². The van der Waals surface area contributed by atoms with Gasteiger partial charge in [0, 0.05) is 33.4 Å². The molecule has 1 aromatic carbocycles. The van der Waals surface area contributed by atoms with E-state index in [0.717, 1.165) is 5.56 Å². The van der Waals surface area contributed by atoms with Crippen molar-refractivity contribution in [1.82, 2.24) is 10.2 Å². The topological polar surface area (TPSA) is 86.7 Å². The van der Waals surface area contributed by atoms with Crippen molar-refractivity contribution in [2.75, 3.05) is 14.1 Å². The van der Waals surface area contributed by atoms with Crippen LogP contribution < -0.4 is 5.32 Å². The summed E-state index contributed by atoms with van der Waals surface area (Å²) in [4.78, 5) is 35.8. The van der Waals surface area contributed by atoms with Crippen LogP contribution in [0.25, 0.3) is 0 Å². The summed E-state index contributed by atoms with van der Waals surface area (Å²) in [6.45, 7) is 0. The highest BCUT2D eigenvalue weighted by molar-refractivity contribution is 5.79. The van der Waals surface area contributed by atoms with Gasteiger partial charge in [0.25, 0.3) is 0 Å². The molecule has 1 rings (SSSR count). The zero-order chi connectivity index (χ0) is 17.2. The van der Waals surface area contributed by atoms with E-state index in [0.29, 0.717) is 19.3 Å². The molecule has 0 aliphatic rings. The average molecular weight is 320 g/mol. The maximum Gasteiger partial charge on any atom is 0.303 e. The smallest absolute Gasteiger partial charge is 0.303 e. The largest absolute Gasteiger partial charge is 0.481 e. The van der Waals surface area contributed by atoms with Gasteiger partial charge >= 0.3 is 5.97 Å². The molecular formula is C17H24N2O4. The number of benzene rings is 1. The van der Waals surface area contributed by atoms with E-state index >= 15 is 0 Å². The number of carbonyl (C=O) groups excluding carboxylic acids is 2. The van der Waals surface area contributed by atoms with Gasteiger partial charge in [-0.05, 0) is 18.4 Å². The summed E-state index contributed by atoms with van der Waals surface area (Å²) < 4.78 is 0. The third-order valence-electron chi connectivity index (χ3n) is 3.48. The van der Waals surface area contributed by atoms with Crippen molar-refractivity contribution in [1.29, 1.82) is 0 Å². The molecule has 0 saturated carbocycles. The van der Waals surface area contributed by atoms with Crippen molar-refractivity contribution >= 4 is 17.8 Å². The predicted molar refractivity (Wildman–Crippen MR) is 86.7 cm³/mol. The molecule has 0 aliphatic heterocycles. The molecule has 1 atom stereocenters. The minimum absolute atomic E-state index is 0.0108. The van der Waals surface area contributed by atoms with Gasteiger partial charge in [0.05, 0.1) is 6.04 Å². The minimum Gasteiger partial charge on any atom is -0.481 e. The van der Waals surface area contributed by atoms with Gasteiger partial charge < -0.3 is 15.3 Å². The Morgan fingerprint density at radius 2 is 1.74 bits per heavy atom. The van der Waals surface area contributed by atoms with Crippen LogP contribution in [0.4, 0.5) is 0 Å². The summed E-state index contributed by atoms with van der Waals surface area (Å²) >= 11 is 0. The monoisotopic (exact) mass is 320 g/mol. The first kappa shape index (κ1) is 18.7. The first-order valence-corrected chi connectivity index (χ1v) is 7.66. The fourth-order valence-electron chi connectivity index (χ4n) is 2.17. The van der Waals surface area contributed by atoms with Gasteiger partial charge in [0.2, 0.25) is 11.8 Å². The number of aliphatic carboxylic acids is 1. The lowest BCUT2D eigenvalue weighted by Gasteiger charge is -2.18. The van der Waals surface area contributed by atoms with Gasteiger partial charge in [-0.25, -0.2) is 0 Å². The molecule has 1 aromatic rings. The summed E-state index contributed by atoms with van der Waals surface area (Å²) in [6, 6.07) is 8.97. The molecule has 1 unspecified atom stereocenters. The first-order chi connectivity index (χ1) is 10.9. The number of rotatable bonds is 9. The normalized spacial score (nSPS) is 11.6. The first-order valence-electron chi connectivity index (χ1n) is 7.66. The van der Waals surface area contributed by atoms with E-state index in [1.54, 1.807) is 14.1 Å². The van der Waals surface area contributed by atoms with Crippen molar-refractivity contribution < 1.29 is 19.5 Å². The molecule has 0 fully saturated rings. The Morgan fingerprint density at radius 3 is 2.30 bits per heavy atom. The Morgan fingerprint density at radius 1 is 1.09 bits per heavy atom. The SMILES string of the molecule is CN(C)C(=O)CCCC(=O)NC(CCC(=O)O)c1ccccc1. The number of carbonyl (C=O) groups is 3. The van der Waals surface area contributed by atoms with Crippen LogP contribution in [0, 0.1) is 0 Å². The van der Waals surface area contributed by atoms with E-state index in [4.69, 9.17) is 5.11 Å². The van der Waals surface area contributed by atoms with Crippen LogP contribution in [0.2, 0.25) is 0 Å².